The smallest absolute Gasteiger partial charge is 0.255 e. The third-order valence-corrected chi connectivity index (χ3v) is 3.39. The topological polar surface area (TPSA) is 75.3 Å². The summed E-state index contributed by atoms with van der Waals surface area (Å²) in [6.45, 7) is 0. The second-order valence-electron chi connectivity index (χ2n) is 4.42. The Kier molecular flexibility index (Phi) is 4.50. The maximum absolute atomic E-state index is 12.1. The molecule has 2 N–H and O–H groups in total. The lowest BCUT2D eigenvalue weighted by atomic mass is 10.2. The van der Waals surface area contributed by atoms with Crippen LogP contribution in [0.3, 0.4) is 0 Å². The number of hydrogen-bond donors (Lipinski definition) is 2. The van der Waals surface area contributed by atoms with Crippen molar-refractivity contribution in [2.75, 3.05) is 16.3 Å². The highest BCUT2D eigenvalue weighted by Crippen LogP contribution is 2.16. The first-order valence-corrected chi connectivity index (χ1v) is 8.25. The fraction of sp³-hybridized carbons (Fsp3) is 0.0714. The number of benzene rings is 2. The molecule has 1 amide bonds. The second kappa shape index (κ2) is 6.15. The summed E-state index contributed by atoms with van der Waals surface area (Å²) in [5.74, 6) is -0.338. The highest BCUT2D eigenvalue weighted by molar-refractivity contribution is 7.92. The SMILES string of the molecule is CS(=O)(=O)Nc1cccc(C(=O)Nc2ccc(Cl)cc2)c1. The Labute approximate surface area is 128 Å². The fourth-order valence-electron chi connectivity index (χ4n) is 1.67. The second-order valence-corrected chi connectivity index (χ2v) is 6.60. The zero-order valence-corrected chi connectivity index (χ0v) is 12.7. The molecule has 0 aliphatic heterocycles. The van der Waals surface area contributed by atoms with E-state index in [1.807, 2.05) is 0 Å². The summed E-state index contributed by atoms with van der Waals surface area (Å²) >= 11 is 5.77. The molecule has 2 aromatic rings. The van der Waals surface area contributed by atoms with Gasteiger partial charge < -0.3 is 5.32 Å². The molecule has 0 bridgehead atoms. The minimum Gasteiger partial charge on any atom is -0.322 e. The molecule has 0 saturated carbocycles. The van der Waals surface area contributed by atoms with Crippen molar-refractivity contribution in [1.29, 1.82) is 0 Å². The summed E-state index contributed by atoms with van der Waals surface area (Å²) in [5.41, 5.74) is 1.28. The number of anilines is 2. The predicted octanol–water partition coefficient (Wildman–Crippen LogP) is 2.96. The summed E-state index contributed by atoms with van der Waals surface area (Å²) in [6.07, 6.45) is 1.05. The van der Waals surface area contributed by atoms with E-state index in [1.54, 1.807) is 42.5 Å². The zero-order valence-electron chi connectivity index (χ0n) is 11.1. The van der Waals surface area contributed by atoms with E-state index >= 15 is 0 Å². The Morgan fingerprint density at radius 2 is 1.71 bits per heavy atom. The van der Waals surface area contributed by atoms with Gasteiger partial charge in [-0.05, 0) is 42.5 Å². The van der Waals surface area contributed by atoms with Crippen LogP contribution in [0.15, 0.2) is 48.5 Å². The summed E-state index contributed by atoms with van der Waals surface area (Å²) in [5, 5.41) is 3.28. The van der Waals surface area contributed by atoms with E-state index in [0.717, 1.165) is 6.26 Å². The van der Waals surface area contributed by atoms with Crippen LogP contribution >= 0.6 is 11.6 Å². The van der Waals surface area contributed by atoms with E-state index in [4.69, 9.17) is 11.6 Å². The molecule has 7 heteroatoms. The molecule has 0 aromatic heterocycles. The molecular formula is C14H13ClN2O3S. The number of rotatable bonds is 4. The van der Waals surface area contributed by atoms with Crippen LogP contribution in [0.2, 0.25) is 5.02 Å². The van der Waals surface area contributed by atoms with E-state index in [-0.39, 0.29) is 5.91 Å². The van der Waals surface area contributed by atoms with Gasteiger partial charge >= 0.3 is 0 Å². The van der Waals surface area contributed by atoms with Crippen LogP contribution < -0.4 is 10.0 Å². The molecule has 0 aliphatic carbocycles. The number of carbonyl (C=O) groups excluding carboxylic acids is 1. The molecule has 0 heterocycles. The van der Waals surface area contributed by atoms with Gasteiger partial charge in [0.15, 0.2) is 0 Å². The normalized spacial score (nSPS) is 11.0. The summed E-state index contributed by atoms with van der Waals surface area (Å²) in [7, 11) is -3.38. The van der Waals surface area contributed by atoms with Gasteiger partial charge in [-0.15, -0.1) is 0 Å². The first-order valence-electron chi connectivity index (χ1n) is 5.98. The van der Waals surface area contributed by atoms with Crippen molar-refractivity contribution in [3.8, 4) is 0 Å². The largest absolute Gasteiger partial charge is 0.322 e. The van der Waals surface area contributed by atoms with Crippen LogP contribution in [0, 0.1) is 0 Å². The highest BCUT2D eigenvalue weighted by Gasteiger charge is 2.08. The monoisotopic (exact) mass is 324 g/mol. The molecular weight excluding hydrogens is 312 g/mol. The molecule has 21 heavy (non-hydrogen) atoms. The molecule has 2 rings (SSSR count). The van der Waals surface area contributed by atoms with Crippen LogP contribution in [-0.4, -0.2) is 20.6 Å². The molecule has 110 valence electrons. The quantitative estimate of drug-likeness (QED) is 0.908. The lowest BCUT2D eigenvalue weighted by Gasteiger charge is -2.08. The zero-order chi connectivity index (χ0) is 15.5. The first kappa shape index (κ1) is 15.3. The number of amides is 1. The number of hydrogen-bond acceptors (Lipinski definition) is 3. The van der Waals surface area contributed by atoms with Crippen LogP contribution in [0.1, 0.15) is 10.4 Å². The average Bonchev–Trinajstić information content (AvgIpc) is 2.40. The third kappa shape index (κ3) is 4.77. The number of nitrogens with one attached hydrogen (secondary N) is 2. The standard InChI is InChI=1S/C14H13ClN2O3S/c1-21(19,20)17-13-4-2-3-10(9-13)14(18)16-12-7-5-11(15)6-8-12/h2-9,17H,1H3,(H,16,18). The van der Waals surface area contributed by atoms with Crippen LogP contribution in [0.5, 0.6) is 0 Å². The summed E-state index contributed by atoms with van der Waals surface area (Å²) in [4.78, 5) is 12.1. The van der Waals surface area contributed by atoms with E-state index in [9.17, 15) is 13.2 Å². The molecule has 0 unspecified atom stereocenters. The number of sulfonamides is 1. The maximum atomic E-state index is 12.1. The number of halogens is 1. The van der Waals surface area contributed by atoms with Crippen LogP contribution in [0.4, 0.5) is 11.4 Å². The fourth-order valence-corrected chi connectivity index (χ4v) is 2.36. The van der Waals surface area contributed by atoms with Crippen molar-refractivity contribution in [2.45, 2.75) is 0 Å². The van der Waals surface area contributed by atoms with Crippen molar-refractivity contribution in [3.63, 3.8) is 0 Å². The van der Waals surface area contributed by atoms with Gasteiger partial charge in [0.25, 0.3) is 5.91 Å². The van der Waals surface area contributed by atoms with Crippen LogP contribution in [-0.2, 0) is 10.0 Å². The third-order valence-electron chi connectivity index (χ3n) is 2.53. The van der Waals surface area contributed by atoms with E-state index in [2.05, 4.69) is 10.0 Å². The summed E-state index contributed by atoms with van der Waals surface area (Å²) in [6, 6.07) is 12.9. The minimum atomic E-state index is -3.38. The Morgan fingerprint density at radius 1 is 1.05 bits per heavy atom. The van der Waals surface area contributed by atoms with Gasteiger partial charge in [-0.25, -0.2) is 8.42 Å². The molecule has 0 atom stereocenters. The van der Waals surface area contributed by atoms with E-state index in [1.165, 1.54) is 6.07 Å². The Bertz CT molecular complexity index is 758. The first-order chi connectivity index (χ1) is 9.83. The maximum Gasteiger partial charge on any atom is 0.255 e. The molecule has 5 nitrogen and oxygen atoms in total. The summed E-state index contributed by atoms with van der Waals surface area (Å²) < 4.78 is 24.7. The van der Waals surface area contributed by atoms with Gasteiger partial charge in [-0.1, -0.05) is 17.7 Å². The van der Waals surface area contributed by atoms with Crippen molar-refractivity contribution in [2.24, 2.45) is 0 Å². The van der Waals surface area contributed by atoms with E-state index in [0.29, 0.717) is 22.0 Å². The van der Waals surface area contributed by atoms with Crippen molar-refractivity contribution >= 4 is 38.9 Å². The van der Waals surface area contributed by atoms with Gasteiger partial charge in [0.2, 0.25) is 10.0 Å². The minimum absolute atomic E-state index is 0.334. The Hall–Kier alpha value is -2.05. The molecule has 0 saturated heterocycles. The van der Waals surface area contributed by atoms with Crippen LogP contribution in [0.25, 0.3) is 0 Å². The number of carbonyl (C=O) groups is 1. The Morgan fingerprint density at radius 3 is 2.33 bits per heavy atom. The van der Waals surface area contributed by atoms with Crippen molar-refractivity contribution in [3.05, 3.63) is 59.1 Å². The van der Waals surface area contributed by atoms with Gasteiger partial charge in [-0.3, -0.25) is 9.52 Å². The average molecular weight is 325 g/mol. The van der Waals surface area contributed by atoms with Crippen molar-refractivity contribution < 1.29 is 13.2 Å². The molecule has 0 aliphatic rings. The molecule has 0 spiro atoms. The molecule has 2 aromatic carbocycles. The lowest BCUT2D eigenvalue weighted by Crippen LogP contribution is -2.13. The van der Waals surface area contributed by atoms with Crippen molar-refractivity contribution in [1.82, 2.24) is 0 Å². The van der Waals surface area contributed by atoms with E-state index < -0.39 is 10.0 Å². The van der Waals surface area contributed by atoms with Gasteiger partial charge in [0, 0.05) is 22.0 Å². The Balaban J connectivity index is 2.16. The lowest BCUT2D eigenvalue weighted by molar-refractivity contribution is 0.102. The predicted molar refractivity (Wildman–Crippen MR) is 84.3 cm³/mol. The van der Waals surface area contributed by atoms with Gasteiger partial charge in [0.05, 0.1) is 6.26 Å². The molecule has 0 radical (unpaired) electrons. The van der Waals surface area contributed by atoms with Gasteiger partial charge in [-0.2, -0.15) is 0 Å². The van der Waals surface area contributed by atoms with Gasteiger partial charge in [0.1, 0.15) is 0 Å². The molecule has 0 fully saturated rings. The highest BCUT2D eigenvalue weighted by atomic mass is 35.5.